The minimum absolute atomic E-state index is 0.422. The largest absolute Gasteiger partial charge is 0.379 e. The third-order valence-electron chi connectivity index (χ3n) is 1.49. The van der Waals surface area contributed by atoms with Gasteiger partial charge in [-0.1, -0.05) is 46.4 Å². The van der Waals surface area contributed by atoms with E-state index in [-0.39, 0.29) is 0 Å². The molecule has 0 spiro atoms. The summed E-state index contributed by atoms with van der Waals surface area (Å²) in [6, 6.07) is 5.15. The van der Waals surface area contributed by atoms with Crippen LogP contribution >= 0.6 is 46.4 Å². The molecule has 0 atom stereocenters. The molecule has 0 aliphatic rings. The first-order chi connectivity index (χ1) is 6.63. The molecule has 0 bridgehead atoms. The predicted octanol–water partition coefficient (Wildman–Crippen LogP) is 4.72. The summed E-state index contributed by atoms with van der Waals surface area (Å²) in [5.41, 5.74) is 2.03. The second-order valence-electron chi connectivity index (χ2n) is 2.53. The first-order valence-corrected chi connectivity index (χ1v) is 5.34. The summed E-state index contributed by atoms with van der Waals surface area (Å²) < 4.78 is 0. The summed E-state index contributed by atoms with van der Waals surface area (Å²) in [6.45, 7) is 0.422. The third kappa shape index (κ3) is 3.58. The zero-order valence-corrected chi connectivity index (χ0v) is 10.1. The Morgan fingerprint density at radius 1 is 1.36 bits per heavy atom. The van der Waals surface area contributed by atoms with Gasteiger partial charge in [-0.2, -0.15) is 0 Å². The number of hydrogen-bond donors (Lipinski definition) is 1. The molecule has 1 aromatic carbocycles. The molecule has 0 saturated carbocycles. The highest BCUT2D eigenvalue weighted by molar-refractivity contribution is 6.37. The molecule has 0 saturated heterocycles. The average Bonchev–Trinajstić information content (AvgIpc) is 2.19. The number of anilines is 1. The lowest BCUT2D eigenvalue weighted by Gasteiger charge is -2.07. The monoisotopic (exact) mass is 269 g/mol. The van der Waals surface area contributed by atoms with Crippen molar-refractivity contribution in [3.63, 3.8) is 0 Å². The summed E-state index contributed by atoms with van der Waals surface area (Å²) in [5.74, 6) is 0. The van der Waals surface area contributed by atoms with Gasteiger partial charge in [-0.25, -0.2) is 0 Å². The van der Waals surface area contributed by atoms with Crippen molar-refractivity contribution in [2.45, 2.75) is 0 Å². The molecule has 0 aromatic heterocycles. The summed E-state index contributed by atoms with van der Waals surface area (Å²) in [5, 5.41) is 4.71. The Kier molecular flexibility index (Phi) is 4.90. The van der Waals surface area contributed by atoms with Gasteiger partial charge in [0.2, 0.25) is 0 Å². The van der Waals surface area contributed by atoms with Gasteiger partial charge in [0.1, 0.15) is 0 Å². The summed E-state index contributed by atoms with van der Waals surface area (Å²) in [7, 11) is 0. The Labute approximate surface area is 103 Å². The lowest BCUT2D eigenvalue weighted by atomic mass is 10.3. The first-order valence-electron chi connectivity index (χ1n) is 3.77. The van der Waals surface area contributed by atoms with Crippen molar-refractivity contribution in [1.29, 1.82) is 0 Å². The highest BCUT2D eigenvalue weighted by Gasteiger charge is 2.00. The fourth-order valence-electron chi connectivity index (χ4n) is 0.851. The van der Waals surface area contributed by atoms with E-state index in [0.717, 1.165) is 5.69 Å². The van der Waals surface area contributed by atoms with E-state index < -0.39 is 0 Å². The highest BCUT2D eigenvalue weighted by Crippen LogP contribution is 2.25. The molecule has 0 aliphatic heterocycles. The van der Waals surface area contributed by atoms with Crippen molar-refractivity contribution in [3.8, 4) is 0 Å². The average molecular weight is 271 g/mol. The highest BCUT2D eigenvalue weighted by atomic mass is 35.5. The van der Waals surface area contributed by atoms with Gasteiger partial charge in [-0.3, -0.25) is 0 Å². The summed E-state index contributed by atoms with van der Waals surface area (Å²) in [6.07, 6.45) is 0. The van der Waals surface area contributed by atoms with Gasteiger partial charge in [-0.05, 0) is 18.2 Å². The quantitative estimate of drug-likeness (QED) is 0.838. The third-order valence-corrected chi connectivity index (χ3v) is 2.68. The number of benzene rings is 1. The van der Waals surface area contributed by atoms with E-state index in [1.165, 1.54) is 5.54 Å². The van der Waals surface area contributed by atoms with Crippen LogP contribution in [0.25, 0.3) is 0 Å². The van der Waals surface area contributed by atoms with Gasteiger partial charge in [-0.15, -0.1) is 0 Å². The van der Waals surface area contributed by atoms with E-state index in [4.69, 9.17) is 46.4 Å². The van der Waals surface area contributed by atoms with Crippen LogP contribution in [0.4, 0.5) is 5.69 Å². The van der Waals surface area contributed by atoms with Crippen LogP contribution in [0.5, 0.6) is 0 Å². The maximum Gasteiger partial charge on any atom is 0.0638 e. The van der Waals surface area contributed by atoms with Gasteiger partial charge in [0, 0.05) is 15.6 Å². The molecule has 1 aromatic rings. The van der Waals surface area contributed by atoms with Crippen molar-refractivity contribution in [2.24, 2.45) is 0 Å². The second kappa shape index (κ2) is 5.72. The van der Waals surface area contributed by atoms with E-state index >= 15 is 0 Å². The van der Waals surface area contributed by atoms with Crippen LogP contribution in [0.15, 0.2) is 28.8 Å². The van der Waals surface area contributed by atoms with Gasteiger partial charge in [0.15, 0.2) is 0 Å². The Balaban J connectivity index is 2.71. The van der Waals surface area contributed by atoms with Gasteiger partial charge in [0.25, 0.3) is 0 Å². The SMILES string of the molecule is ClC=C(Cl)CNc1cc(Cl)ccc1Cl. The second-order valence-corrected chi connectivity index (χ2v) is 4.08. The molecule has 14 heavy (non-hydrogen) atoms. The van der Waals surface area contributed by atoms with E-state index in [1.54, 1.807) is 18.2 Å². The maximum absolute atomic E-state index is 5.91. The van der Waals surface area contributed by atoms with Crippen LogP contribution in [0.2, 0.25) is 10.0 Å². The Morgan fingerprint density at radius 2 is 2.07 bits per heavy atom. The van der Waals surface area contributed by atoms with Crippen molar-refractivity contribution in [2.75, 3.05) is 11.9 Å². The fraction of sp³-hybridized carbons (Fsp3) is 0.111. The van der Waals surface area contributed by atoms with Crippen LogP contribution < -0.4 is 5.32 Å². The molecule has 0 aliphatic carbocycles. The van der Waals surface area contributed by atoms with Crippen molar-refractivity contribution >= 4 is 52.1 Å². The molecule has 0 fully saturated rings. The minimum atomic E-state index is 0.422. The van der Waals surface area contributed by atoms with Crippen LogP contribution in [0, 0.1) is 0 Å². The number of hydrogen-bond acceptors (Lipinski definition) is 1. The van der Waals surface area contributed by atoms with Crippen molar-refractivity contribution in [1.82, 2.24) is 0 Å². The smallest absolute Gasteiger partial charge is 0.0638 e. The number of nitrogens with one attached hydrogen (secondary N) is 1. The zero-order chi connectivity index (χ0) is 10.6. The topological polar surface area (TPSA) is 12.0 Å². The molecule has 0 amide bonds. The molecule has 1 N–H and O–H groups in total. The summed E-state index contributed by atoms with van der Waals surface area (Å²) in [4.78, 5) is 0. The van der Waals surface area contributed by atoms with Crippen LogP contribution in [-0.2, 0) is 0 Å². The molecule has 5 heteroatoms. The Bertz CT molecular complexity index is 349. The van der Waals surface area contributed by atoms with Gasteiger partial charge in [0.05, 0.1) is 17.3 Å². The standard InChI is InChI=1S/C9H7Cl4N/c10-4-7(12)5-14-9-3-6(11)1-2-8(9)13/h1-4,14H,5H2. The first kappa shape index (κ1) is 12.0. The van der Waals surface area contributed by atoms with Gasteiger partial charge < -0.3 is 5.32 Å². The van der Waals surface area contributed by atoms with E-state index in [2.05, 4.69) is 5.32 Å². The molecular formula is C9H7Cl4N. The molecular weight excluding hydrogens is 264 g/mol. The molecule has 0 radical (unpaired) electrons. The molecule has 1 nitrogen and oxygen atoms in total. The minimum Gasteiger partial charge on any atom is -0.379 e. The van der Waals surface area contributed by atoms with E-state index in [0.29, 0.717) is 21.6 Å². The molecule has 0 heterocycles. The fourth-order valence-corrected chi connectivity index (χ4v) is 1.35. The van der Waals surface area contributed by atoms with Crippen molar-refractivity contribution in [3.05, 3.63) is 38.8 Å². The lowest BCUT2D eigenvalue weighted by molar-refractivity contribution is 1.31. The van der Waals surface area contributed by atoms with Crippen LogP contribution in [0.1, 0.15) is 0 Å². The predicted molar refractivity (Wildman–Crippen MR) is 64.7 cm³/mol. The molecule has 1 rings (SSSR count). The molecule has 76 valence electrons. The van der Waals surface area contributed by atoms with Gasteiger partial charge >= 0.3 is 0 Å². The lowest BCUT2D eigenvalue weighted by Crippen LogP contribution is -2.01. The van der Waals surface area contributed by atoms with E-state index in [9.17, 15) is 0 Å². The normalized spacial score (nSPS) is 11.6. The van der Waals surface area contributed by atoms with E-state index in [1.807, 2.05) is 0 Å². The Morgan fingerprint density at radius 3 is 2.71 bits per heavy atom. The summed E-state index contributed by atoms with van der Waals surface area (Å²) >= 11 is 22.8. The van der Waals surface area contributed by atoms with Crippen LogP contribution in [-0.4, -0.2) is 6.54 Å². The Hall–Kier alpha value is -0.0800. The molecule has 0 unspecified atom stereocenters. The number of halogens is 4. The zero-order valence-electron chi connectivity index (χ0n) is 7.03. The van der Waals surface area contributed by atoms with Crippen LogP contribution in [0.3, 0.4) is 0 Å². The maximum atomic E-state index is 5.91. The van der Waals surface area contributed by atoms with Crippen molar-refractivity contribution < 1.29 is 0 Å². The number of rotatable bonds is 3.